The summed E-state index contributed by atoms with van der Waals surface area (Å²) in [5.41, 5.74) is -1.03. The van der Waals surface area contributed by atoms with E-state index in [-0.39, 0.29) is 17.6 Å². The van der Waals surface area contributed by atoms with Crippen LogP contribution >= 0.6 is 0 Å². The molecule has 0 aliphatic carbocycles. The molecule has 1 fully saturated rings. The summed E-state index contributed by atoms with van der Waals surface area (Å²) >= 11 is 0. The summed E-state index contributed by atoms with van der Waals surface area (Å²) in [5, 5.41) is 10.8. The molecule has 0 amide bonds. The smallest absolute Gasteiger partial charge is 0.330 e. The van der Waals surface area contributed by atoms with Crippen molar-refractivity contribution >= 4 is 8.32 Å². The summed E-state index contributed by atoms with van der Waals surface area (Å²) in [6.45, 7) is 14.7. The van der Waals surface area contributed by atoms with E-state index in [1.807, 2.05) is 0 Å². The van der Waals surface area contributed by atoms with Gasteiger partial charge in [0.1, 0.15) is 12.3 Å². The van der Waals surface area contributed by atoms with Crippen molar-refractivity contribution < 1.29 is 14.3 Å². The van der Waals surface area contributed by atoms with Crippen LogP contribution in [0.1, 0.15) is 33.4 Å². The van der Waals surface area contributed by atoms with E-state index >= 15 is 0 Å². The predicted octanol–water partition coefficient (Wildman–Crippen LogP) is 2.01. The third-order valence-corrected chi connectivity index (χ3v) is 9.98. The van der Waals surface area contributed by atoms with Gasteiger partial charge in [0.2, 0.25) is 0 Å². The Labute approximate surface area is 154 Å². The quantitative estimate of drug-likeness (QED) is 0.580. The Bertz CT molecular complexity index is 749. The zero-order valence-electron chi connectivity index (χ0n) is 16.2. The van der Waals surface area contributed by atoms with Crippen molar-refractivity contribution in [1.29, 1.82) is 0 Å². The van der Waals surface area contributed by atoms with Gasteiger partial charge in [-0.15, -0.1) is 6.58 Å². The Balaban J connectivity index is 2.22. The van der Waals surface area contributed by atoms with Crippen molar-refractivity contribution in [3.8, 4) is 0 Å². The van der Waals surface area contributed by atoms with E-state index < -0.39 is 38.0 Å². The summed E-state index contributed by atoms with van der Waals surface area (Å²) in [5.74, 6) is -0.343. The number of allylic oxidation sites excluding steroid dienone is 1. The minimum absolute atomic E-state index is 0.0479. The molecule has 0 aromatic carbocycles. The van der Waals surface area contributed by atoms with E-state index in [0.717, 1.165) is 0 Å². The molecular weight excluding hydrogens is 352 g/mol. The van der Waals surface area contributed by atoms with Gasteiger partial charge < -0.3 is 14.3 Å². The van der Waals surface area contributed by atoms with Gasteiger partial charge in [-0.3, -0.25) is 14.3 Å². The van der Waals surface area contributed by atoms with Crippen LogP contribution in [0.2, 0.25) is 18.1 Å². The monoisotopic (exact) mass is 382 g/mol. The lowest BCUT2D eigenvalue weighted by atomic mass is 9.96. The molecule has 1 aromatic rings. The van der Waals surface area contributed by atoms with Gasteiger partial charge >= 0.3 is 5.69 Å². The average Bonchev–Trinajstić information content (AvgIpc) is 2.81. The van der Waals surface area contributed by atoms with Gasteiger partial charge in [0.05, 0.1) is 12.7 Å². The molecule has 0 bridgehead atoms. The molecule has 2 N–H and O–H groups in total. The normalized spacial score (nSPS) is 26.8. The highest BCUT2D eigenvalue weighted by Gasteiger charge is 2.46. The van der Waals surface area contributed by atoms with Crippen LogP contribution in [-0.4, -0.2) is 41.8 Å². The van der Waals surface area contributed by atoms with E-state index in [0.29, 0.717) is 6.42 Å². The number of nitrogens with zero attached hydrogens (tertiary/aromatic N) is 1. The van der Waals surface area contributed by atoms with Crippen LogP contribution in [0.4, 0.5) is 0 Å². The summed E-state index contributed by atoms with van der Waals surface area (Å²) in [4.78, 5) is 25.7. The Morgan fingerprint density at radius 1 is 1.42 bits per heavy atom. The van der Waals surface area contributed by atoms with Gasteiger partial charge in [-0.25, -0.2) is 4.79 Å². The number of hydrogen-bond donors (Lipinski definition) is 2. The number of hydrogen-bond acceptors (Lipinski definition) is 5. The van der Waals surface area contributed by atoms with Crippen molar-refractivity contribution in [2.24, 2.45) is 5.92 Å². The number of aromatic amines is 1. The largest absolute Gasteiger partial charge is 0.414 e. The lowest BCUT2D eigenvalue weighted by molar-refractivity contribution is -0.0455. The maximum atomic E-state index is 12.1. The van der Waals surface area contributed by atoms with E-state index in [4.69, 9.17) is 9.16 Å². The maximum Gasteiger partial charge on any atom is 0.330 e. The Morgan fingerprint density at radius 2 is 2.08 bits per heavy atom. The molecule has 0 unspecified atom stereocenters. The number of ether oxygens (including phenoxy) is 1. The van der Waals surface area contributed by atoms with E-state index in [2.05, 4.69) is 45.4 Å². The summed E-state index contributed by atoms with van der Waals surface area (Å²) < 4.78 is 13.5. The van der Waals surface area contributed by atoms with Crippen molar-refractivity contribution in [2.45, 2.75) is 63.8 Å². The van der Waals surface area contributed by atoms with Crippen molar-refractivity contribution in [3.63, 3.8) is 0 Å². The van der Waals surface area contributed by atoms with Crippen LogP contribution in [0, 0.1) is 5.92 Å². The maximum absolute atomic E-state index is 12.1. The molecule has 1 saturated heterocycles. The molecule has 2 rings (SSSR count). The molecule has 4 atom stereocenters. The van der Waals surface area contributed by atoms with Crippen LogP contribution in [0.5, 0.6) is 0 Å². The predicted molar refractivity (Wildman–Crippen MR) is 103 cm³/mol. The van der Waals surface area contributed by atoms with Crippen molar-refractivity contribution in [3.05, 3.63) is 45.8 Å². The Kier molecular flexibility index (Phi) is 6.12. The first-order valence-corrected chi connectivity index (χ1v) is 11.8. The fourth-order valence-electron chi connectivity index (χ4n) is 2.80. The summed E-state index contributed by atoms with van der Waals surface area (Å²) in [6, 6.07) is 1.27. The highest BCUT2D eigenvalue weighted by atomic mass is 28.4. The number of nitrogens with one attached hydrogen (secondary N) is 1. The Hall–Kier alpha value is -1.48. The lowest BCUT2D eigenvalue weighted by Crippen LogP contribution is -2.44. The van der Waals surface area contributed by atoms with Crippen LogP contribution in [0.25, 0.3) is 0 Å². The zero-order valence-corrected chi connectivity index (χ0v) is 17.2. The molecule has 1 aliphatic rings. The number of rotatable bonds is 6. The lowest BCUT2D eigenvalue weighted by Gasteiger charge is -2.37. The standard InChI is InChI=1S/C18H30N2O5Si/c1-7-8-12-15(22)13(11-24-26(5,6)18(2,3)4)25-16(12)20-10-9-14(21)19-17(20)23/h7,9-10,12-13,15-16,22H,1,8,11H2,2-6H3,(H,19,21,23)/t12-,13-,15+,16-/m1/s1. The molecule has 146 valence electrons. The number of H-pyrrole nitrogens is 1. The highest BCUT2D eigenvalue weighted by Crippen LogP contribution is 2.39. The molecule has 0 saturated carbocycles. The molecule has 1 aliphatic heterocycles. The van der Waals surface area contributed by atoms with Crippen LogP contribution in [-0.2, 0) is 9.16 Å². The van der Waals surface area contributed by atoms with E-state index in [9.17, 15) is 14.7 Å². The minimum atomic E-state index is -1.99. The number of aromatic nitrogens is 2. The second-order valence-electron chi connectivity index (χ2n) is 8.33. The third kappa shape index (κ3) is 4.25. The minimum Gasteiger partial charge on any atom is -0.414 e. The fraction of sp³-hybridized carbons (Fsp3) is 0.667. The van der Waals surface area contributed by atoms with Crippen molar-refractivity contribution in [2.75, 3.05) is 6.61 Å². The van der Waals surface area contributed by atoms with Gasteiger partial charge in [0, 0.05) is 18.2 Å². The summed E-state index contributed by atoms with van der Waals surface area (Å²) in [6.07, 6.45) is 1.55. The summed E-state index contributed by atoms with van der Waals surface area (Å²) in [7, 11) is -1.99. The molecular formula is C18H30N2O5Si. The highest BCUT2D eigenvalue weighted by molar-refractivity contribution is 6.74. The van der Waals surface area contributed by atoms with Crippen molar-refractivity contribution in [1.82, 2.24) is 9.55 Å². The first-order valence-electron chi connectivity index (χ1n) is 8.88. The molecule has 26 heavy (non-hydrogen) atoms. The molecule has 1 aromatic heterocycles. The van der Waals surface area contributed by atoms with E-state index in [1.165, 1.54) is 16.8 Å². The molecule has 7 nitrogen and oxygen atoms in total. The van der Waals surface area contributed by atoms with Gasteiger partial charge in [-0.2, -0.15) is 0 Å². The topological polar surface area (TPSA) is 93.5 Å². The second-order valence-corrected chi connectivity index (χ2v) is 13.1. The molecule has 8 heteroatoms. The zero-order chi connectivity index (χ0) is 19.7. The number of aliphatic hydroxyl groups is 1. The second kappa shape index (κ2) is 7.64. The number of aliphatic hydroxyl groups excluding tert-OH is 1. The molecule has 0 spiro atoms. The van der Waals surface area contributed by atoms with Gasteiger partial charge in [0.25, 0.3) is 5.56 Å². The van der Waals surface area contributed by atoms with E-state index in [1.54, 1.807) is 6.08 Å². The fourth-order valence-corrected chi connectivity index (χ4v) is 3.81. The third-order valence-electron chi connectivity index (χ3n) is 5.48. The Morgan fingerprint density at radius 3 is 2.62 bits per heavy atom. The van der Waals surface area contributed by atoms with Gasteiger partial charge in [-0.05, 0) is 24.6 Å². The van der Waals surface area contributed by atoms with Crippen LogP contribution in [0.15, 0.2) is 34.5 Å². The van der Waals surface area contributed by atoms with Crippen LogP contribution in [0.3, 0.4) is 0 Å². The average molecular weight is 383 g/mol. The SMILES string of the molecule is C=CC[C@@H]1[C@H](O)[C@@H](CO[Si](C)(C)C(C)(C)C)O[C@H]1n1ccc(=O)[nH]c1=O. The van der Waals surface area contributed by atoms with Crippen LogP contribution < -0.4 is 11.2 Å². The molecule has 2 heterocycles. The first kappa shape index (κ1) is 20.8. The van der Waals surface area contributed by atoms with Gasteiger partial charge in [-0.1, -0.05) is 26.8 Å². The van der Waals surface area contributed by atoms with Gasteiger partial charge in [0.15, 0.2) is 8.32 Å². The first-order chi connectivity index (χ1) is 12.0. The molecule has 0 radical (unpaired) electrons.